The molecule has 3 nitrogen and oxygen atoms in total. The third kappa shape index (κ3) is 3.18. The summed E-state index contributed by atoms with van der Waals surface area (Å²) in [6.07, 6.45) is -4.39. The number of anilines is 1. The Labute approximate surface area is 123 Å². The van der Waals surface area contributed by atoms with Gasteiger partial charge < -0.3 is 10.5 Å². The minimum Gasteiger partial charge on any atom is -0.462 e. The van der Waals surface area contributed by atoms with Crippen molar-refractivity contribution in [3.63, 3.8) is 0 Å². The largest absolute Gasteiger partial charge is 0.462 e. The van der Waals surface area contributed by atoms with Crippen molar-refractivity contribution in [3.8, 4) is 11.1 Å². The summed E-state index contributed by atoms with van der Waals surface area (Å²) in [5, 5.41) is 1.91. The summed E-state index contributed by atoms with van der Waals surface area (Å²) in [5.41, 5.74) is 6.16. The maximum Gasteiger partial charge on any atom is 0.416 e. The zero-order chi connectivity index (χ0) is 15.6. The van der Waals surface area contributed by atoms with Crippen molar-refractivity contribution >= 4 is 22.3 Å². The van der Waals surface area contributed by atoms with E-state index in [-0.39, 0.29) is 17.2 Å². The van der Waals surface area contributed by atoms with E-state index < -0.39 is 17.7 Å². The maximum absolute atomic E-state index is 12.5. The number of ether oxygens (including phenoxy) is 1. The molecule has 0 saturated heterocycles. The van der Waals surface area contributed by atoms with Gasteiger partial charge in [0.25, 0.3) is 0 Å². The Bertz CT molecular complexity index is 647. The highest BCUT2D eigenvalue weighted by Crippen LogP contribution is 2.36. The van der Waals surface area contributed by atoms with Crippen LogP contribution in [0.15, 0.2) is 29.6 Å². The van der Waals surface area contributed by atoms with Crippen molar-refractivity contribution in [1.82, 2.24) is 0 Å². The van der Waals surface area contributed by atoms with Crippen LogP contribution in [0, 0.1) is 0 Å². The molecule has 0 atom stereocenters. The number of carbonyl (C=O) groups excluding carboxylic acids is 1. The zero-order valence-corrected chi connectivity index (χ0v) is 11.8. The molecule has 1 aromatic heterocycles. The molecule has 21 heavy (non-hydrogen) atoms. The summed E-state index contributed by atoms with van der Waals surface area (Å²) in [7, 11) is 0. The fourth-order valence-corrected chi connectivity index (χ4v) is 2.65. The first-order valence-electron chi connectivity index (χ1n) is 6.06. The quantitative estimate of drug-likeness (QED) is 0.864. The molecule has 0 amide bonds. The van der Waals surface area contributed by atoms with Gasteiger partial charge in [-0.3, -0.25) is 0 Å². The topological polar surface area (TPSA) is 52.3 Å². The monoisotopic (exact) mass is 315 g/mol. The lowest BCUT2D eigenvalue weighted by molar-refractivity contribution is -0.137. The lowest BCUT2D eigenvalue weighted by atomic mass is 10.0. The second kappa shape index (κ2) is 5.77. The summed E-state index contributed by atoms with van der Waals surface area (Å²) in [4.78, 5) is 11.9. The lowest BCUT2D eigenvalue weighted by Crippen LogP contribution is -2.07. The van der Waals surface area contributed by atoms with Crippen LogP contribution in [-0.2, 0) is 10.9 Å². The van der Waals surface area contributed by atoms with E-state index in [0.717, 1.165) is 23.5 Å². The molecule has 0 fully saturated rings. The second-order valence-corrected chi connectivity index (χ2v) is 5.10. The number of alkyl halides is 3. The van der Waals surface area contributed by atoms with Crippen molar-refractivity contribution in [3.05, 3.63) is 40.8 Å². The molecule has 1 heterocycles. The average Bonchev–Trinajstić information content (AvgIpc) is 2.80. The second-order valence-electron chi connectivity index (χ2n) is 4.18. The average molecular weight is 315 g/mol. The van der Waals surface area contributed by atoms with Gasteiger partial charge in [0.1, 0.15) is 10.6 Å². The number of nitrogens with two attached hydrogens (primary N) is 1. The Kier molecular flexibility index (Phi) is 4.22. The van der Waals surface area contributed by atoms with E-state index in [4.69, 9.17) is 10.5 Å². The van der Waals surface area contributed by atoms with Crippen LogP contribution in [0.1, 0.15) is 22.8 Å². The Morgan fingerprint density at radius 3 is 2.43 bits per heavy atom. The van der Waals surface area contributed by atoms with Gasteiger partial charge in [-0.1, -0.05) is 12.1 Å². The van der Waals surface area contributed by atoms with Crippen molar-refractivity contribution in [2.24, 2.45) is 0 Å². The molecular formula is C14H12F3NO2S. The van der Waals surface area contributed by atoms with Crippen LogP contribution in [0.25, 0.3) is 11.1 Å². The van der Waals surface area contributed by atoms with Crippen molar-refractivity contribution in [2.75, 3.05) is 12.3 Å². The van der Waals surface area contributed by atoms with E-state index in [1.54, 1.807) is 12.3 Å². The van der Waals surface area contributed by atoms with Gasteiger partial charge in [-0.25, -0.2) is 4.79 Å². The van der Waals surface area contributed by atoms with Crippen LogP contribution in [0.5, 0.6) is 0 Å². The molecule has 2 N–H and O–H groups in total. The minimum absolute atomic E-state index is 0.195. The number of benzene rings is 1. The first kappa shape index (κ1) is 15.4. The molecule has 2 aromatic rings. The van der Waals surface area contributed by atoms with Gasteiger partial charge in [0.05, 0.1) is 12.2 Å². The Morgan fingerprint density at radius 2 is 1.90 bits per heavy atom. The zero-order valence-electron chi connectivity index (χ0n) is 11.0. The van der Waals surface area contributed by atoms with Crippen LogP contribution in [-0.4, -0.2) is 12.6 Å². The highest BCUT2D eigenvalue weighted by Gasteiger charge is 2.30. The summed E-state index contributed by atoms with van der Waals surface area (Å²) >= 11 is 1.14. The number of hydrogen-bond donors (Lipinski definition) is 1. The molecule has 1 aromatic carbocycles. The molecule has 0 saturated carbocycles. The van der Waals surface area contributed by atoms with E-state index >= 15 is 0 Å². The summed E-state index contributed by atoms with van der Waals surface area (Å²) < 4.78 is 42.5. The predicted molar refractivity (Wildman–Crippen MR) is 75.1 cm³/mol. The van der Waals surface area contributed by atoms with Crippen LogP contribution in [0.4, 0.5) is 18.2 Å². The number of rotatable bonds is 3. The molecule has 112 valence electrons. The van der Waals surface area contributed by atoms with E-state index in [0.29, 0.717) is 11.1 Å². The first-order chi connectivity index (χ1) is 9.84. The highest BCUT2D eigenvalue weighted by molar-refractivity contribution is 7.14. The smallest absolute Gasteiger partial charge is 0.416 e. The predicted octanol–water partition coefficient (Wildman–Crippen LogP) is 4.19. The van der Waals surface area contributed by atoms with Gasteiger partial charge in [0, 0.05) is 10.9 Å². The fourth-order valence-electron chi connectivity index (χ4n) is 1.84. The van der Waals surface area contributed by atoms with Gasteiger partial charge in [-0.2, -0.15) is 13.2 Å². The van der Waals surface area contributed by atoms with Gasteiger partial charge in [-0.15, -0.1) is 11.3 Å². The van der Waals surface area contributed by atoms with E-state index in [9.17, 15) is 18.0 Å². The summed E-state index contributed by atoms with van der Waals surface area (Å²) in [6, 6.07) is 4.57. The van der Waals surface area contributed by atoms with Crippen LogP contribution >= 0.6 is 11.3 Å². The number of hydrogen-bond acceptors (Lipinski definition) is 4. The van der Waals surface area contributed by atoms with Gasteiger partial charge >= 0.3 is 12.1 Å². The van der Waals surface area contributed by atoms with Gasteiger partial charge in [-0.05, 0) is 24.6 Å². The number of thiophene rings is 1. The third-order valence-electron chi connectivity index (χ3n) is 2.82. The van der Waals surface area contributed by atoms with Crippen LogP contribution < -0.4 is 5.73 Å². The van der Waals surface area contributed by atoms with E-state index in [1.165, 1.54) is 12.1 Å². The molecule has 2 rings (SSSR count). The first-order valence-corrected chi connectivity index (χ1v) is 6.94. The Balaban J connectivity index is 2.41. The minimum atomic E-state index is -4.39. The van der Waals surface area contributed by atoms with Gasteiger partial charge in [0.2, 0.25) is 0 Å². The Morgan fingerprint density at radius 1 is 1.29 bits per heavy atom. The SMILES string of the molecule is CCOC(=O)c1c(-c2ccc(C(F)(F)F)cc2)csc1N. The molecule has 7 heteroatoms. The molecule has 0 unspecified atom stereocenters. The molecule has 0 aliphatic rings. The normalized spacial score (nSPS) is 11.4. The number of nitrogen functional groups attached to an aromatic ring is 1. The number of halogens is 3. The van der Waals surface area contributed by atoms with E-state index in [1.807, 2.05) is 0 Å². The molecule has 0 spiro atoms. The molecule has 0 bridgehead atoms. The van der Waals surface area contributed by atoms with E-state index in [2.05, 4.69) is 0 Å². The number of carbonyl (C=O) groups is 1. The summed E-state index contributed by atoms with van der Waals surface area (Å²) in [5.74, 6) is -0.578. The number of esters is 1. The van der Waals surface area contributed by atoms with Crippen LogP contribution in [0.3, 0.4) is 0 Å². The maximum atomic E-state index is 12.5. The standard InChI is InChI=1S/C14H12F3NO2S/c1-2-20-13(19)11-10(7-21-12(11)18)8-3-5-9(6-4-8)14(15,16)17/h3-7H,2,18H2,1H3. The highest BCUT2D eigenvalue weighted by atomic mass is 32.1. The Hall–Kier alpha value is -2.02. The molecule has 0 aliphatic heterocycles. The van der Waals surface area contributed by atoms with Crippen LogP contribution in [0.2, 0.25) is 0 Å². The lowest BCUT2D eigenvalue weighted by Gasteiger charge is -2.08. The summed E-state index contributed by atoms with van der Waals surface area (Å²) in [6.45, 7) is 1.86. The van der Waals surface area contributed by atoms with Crippen molar-refractivity contribution < 1.29 is 22.7 Å². The fraction of sp³-hybridized carbons (Fsp3) is 0.214. The molecule has 0 radical (unpaired) electrons. The molecular weight excluding hydrogens is 303 g/mol. The molecule has 0 aliphatic carbocycles. The van der Waals surface area contributed by atoms with Crippen molar-refractivity contribution in [1.29, 1.82) is 0 Å². The van der Waals surface area contributed by atoms with Crippen molar-refractivity contribution in [2.45, 2.75) is 13.1 Å². The third-order valence-corrected chi connectivity index (χ3v) is 3.63. The van der Waals surface area contributed by atoms with Gasteiger partial charge in [0.15, 0.2) is 0 Å².